The molecule has 0 heterocycles. The molecule has 0 fully saturated rings. The van der Waals surface area contributed by atoms with Gasteiger partial charge in [-0.15, -0.1) is 23.2 Å². The zero-order chi connectivity index (χ0) is 10.4. The smallest absolute Gasteiger partial charge is 0.173 e. The zero-order valence-corrected chi connectivity index (χ0v) is 11.0. The van der Waals surface area contributed by atoms with Gasteiger partial charge in [0.2, 0.25) is 0 Å². The lowest BCUT2D eigenvalue weighted by atomic mass is 10.2. The normalized spacial score (nSPS) is 9.23. The molecule has 1 nitrogen and oxygen atoms in total. The maximum atomic E-state index is 8.33. The molecule has 13 heavy (non-hydrogen) atoms. The van der Waals surface area contributed by atoms with Gasteiger partial charge in [-0.3, -0.25) is 0 Å². The average molecular weight is 264 g/mol. The van der Waals surface area contributed by atoms with Crippen LogP contribution >= 0.6 is 34.3 Å². The second-order valence-electron chi connectivity index (χ2n) is 2.40. The first-order valence-corrected chi connectivity index (χ1v) is 7.68. The van der Waals surface area contributed by atoms with E-state index in [4.69, 9.17) is 39.4 Å². The Bertz CT molecular complexity index is 68.4. The van der Waals surface area contributed by atoms with Gasteiger partial charge in [0.15, 0.2) is 8.83 Å². The minimum atomic E-state index is 0.322. The summed E-state index contributed by atoms with van der Waals surface area (Å²) in [6, 6.07) is 0.948. The molecule has 0 aromatic heterocycles. The highest BCUT2D eigenvalue weighted by molar-refractivity contribution is 6.93. The van der Waals surface area contributed by atoms with Crippen LogP contribution in [-0.4, -0.2) is 32.3 Å². The van der Waals surface area contributed by atoms with Gasteiger partial charge < -0.3 is 5.11 Å². The molecule has 0 aliphatic rings. The fraction of sp³-hybridized carbons (Fsp3) is 1.00. The van der Waals surface area contributed by atoms with Crippen molar-refractivity contribution in [2.75, 3.05) is 18.4 Å². The van der Waals surface area contributed by atoms with E-state index in [0.29, 0.717) is 21.3 Å². The van der Waals surface area contributed by atoms with Crippen LogP contribution in [0.3, 0.4) is 0 Å². The van der Waals surface area contributed by atoms with E-state index >= 15 is 0 Å². The molecule has 0 aromatic carbocycles. The molecule has 80 valence electrons. The van der Waals surface area contributed by atoms with Crippen molar-refractivity contribution in [2.24, 2.45) is 0 Å². The topological polar surface area (TPSA) is 20.2 Å². The van der Waals surface area contributed by atoms with Crippen molar-refractivity contribution in [3.05, 3.63) is 0 Å². The molecule has 0 rings (SSSR count). The van der Waals surface area contributed by atoms with Gasteiger partial charge in [-0.2, -0.15) is 11.1 Å². The Kier molecular flexibility index (Phi) is 23.8. The van der Waals surface area contributed by atoms with Crippen LogP contribution in [0.2, 0.25) is 6.04 Å². The van der Waals surface area contributed by atoms with Gasteiger partial charge in [0.05, 0.1) is 0 Å². The largest absolute Gasteiger partial charge is 0.396 e. The van der Waals surface area contributed by atoms with Gasteiger partial charge >= 0.3 is 0 Å². The van der Waals surface area contributed by atoms with Crippen LogP contribution in [-0.2, 0) is 0 Å². The third-order valence-electron chi connectivity index (χ3n) is 1.23. The van der Waals surface area contributed by atoms with Crippen LogP contribution in [0.5, 0.6) is 0 Å². The fourth-order valence-corrected chi connectivity index (χ4v) is 1.71. The summed E-state index contributed by atoms with van der Waals surface area (Å²) in [6.07, 6.45) is 4.28. The highest BCUT2D eigenvalue weighted by atomic mass is 35.6. The van der Waals surface area contributed by atoms with Crippen LogP contribution in [0, 0.1) is 0 Å². The molecule has 0 aliphatic carbocycles. The van der Waals surface area contributed by atoms with Crippen molar-refractivity contribution in [3.8, 4) is 0 Å². The van der Waals surface area contributed by atoms with E-state index in [1.807, 2.05) is 0 Å². The summed E-state index contributed by atoms with van der Waals surface area (Å²) in [5, 5.41) is 8.33. The van der Waals surface area contributed by atoms with Crippen LogP contribution < -0.4 is 0 Å². The molecular weight excluding hydrogens is 247 g/mol. The van der Waals surface area contributed by atoms with Gasteiger partial charge in [0, 0.05) is 18.4 Å². The Morgan fingerprint density at radius 1 is 0.923 bits per heavy atom. The quantitative estimate of drug-likeness (QED) is 0.323. The lowest BCUT2D eigenvalue weighted by Gasteiger charge is -1.92. The molecule has 0 amide bonds. The minimum absolute atomic E-state index is 0.322. The lowest BCUT2D eigenvalue weighted by molar-refractivity contribution is 0.283. The average Bonchev–Trinajstić information content (AvgIpc) is 2.15. The van der Waals surface area contributed by atoms with Crippen molar-refractivity contribution in [3.63, 3.8) is 0 Å². The molecule has 0 saturated heterocycles. The van der Waals surface area contributed by atoms with Crippen molar-refractivity contribution in [1.29, 1.82) is 0 Å². The highest BCUT2D eigenvalue weighted by Crippen LogP contribution is 1.99. The predicted octanol–water partition coefficient (Wildman–Crippen LogP) is 3.28. The van der Waals surface area contributed by atoms with Crippen molar-refractivity contribution in [2.45, 2.75) is 31.7 Å². The number of rotatable bonds is 7. The van der Waals surface area contributed by atoms with E-state index in [1.54, 1.807) is 0 Å². The predicted molar refractivity (Wildman–Crippen MR) is 63.4 cm³/mol. The number of hydrogen-bond acceptors (Lipinski definition) is 1. The van der Waals surface area contributed by atoms with Crippen LogP contribution in [0.25, 0.3) is 0 Å². The summed E-state index contributed by atoms with van der Waals surface area (Å²) in [6.45, 7) is 0.322. The van der Waals surface area contributed by atoms with E-state index < -0.39 is 0 Å². The second kappa shape index (κ2) is 18.8. The molecule has 0 unspecified atom stereocenters. The van der Waals surface area contributed by atoms with Crippen LogP contribution in [0.15, 0.2) is 0 Å². The monoisotopic (exact) mass is 262 g/mol. The minimum Gasteiger partial charge on any atom is -0.396 e. The fourth-order valence-electron chi connectivity index (χ4n) is 0.596. The molecule has 0 aliphatic heterocycles. The van der Waals surface area contributed by atoms with Gasteiger partial charge in [-0.25, -0.2) is 0 Å². The Labute approximate surface area is 98.3 Å². The summed E-state index contributed by atoms with van der Waals surface area (Å²) in [4.78, 5) is 0. The summed E-state index contributed by atoms with van der Waals surface area (Å²) >= 11 is 15.9. The molecule has 0 aromatic rings. The molecule has 0 bridgehead atoms. The Morgan fingerprint density at radius 2 is 1.54 bits per heavy atom. The summed E-state index contributed by atoms with van der Waals surface area (Å²) in [5.41, 5.74) is 0. The van der Waals surface area contributed by atoms with Gasteiger partial charge in [0.25, 0.3) is 0 Å². The van der Waals surface area contributed by atoms with Crippen LogP contribution in [0.1, 0.15) is 25.7 Å². The molecule has 0 spiro atoms. The molecule has 2 radical (unpaired) electrons. The maximum Gasteiger partial charge on any atom is 0.173 e. The standard InChI is InChI=1S/C6H13ClO.C2H4Cl2Si/c7-5-3-1-2-4-6-8;3-1-2-5-4/h8H,1-6H2;1-2H2. The number of halogens is 3. The number of alkyl halides is 2. The SMILES string of the molecule is ClCC[Si]Cl.OCCCCCCCl. The lowest BCUT2D eigenvalue weighted by Crippen LogP contribution is -1.82. The molecule has 0 atom stereocenters. The molecule has 5 heteroatoms. The Hall–Kier alpha value is 1.05. The van der Waals surface area contributed by atoms with Crippen LogP contribution in [0.4, 0.5) is 0 Å². The van der Waals surface area contributed by atoms with E-state index in [-0.39, 0.29) is 0 Å². The van der Waals surface area contributed by atoms with Gasteiger partial charge in [0.1, 0.15) is 0 Å². The first-order valence-electron chi connectivity index (χ1n) is 4.39. The first-order chi connectivity index (χ1) is 6.33. The van der Waals surface area contributed by atoms with E-state index in [2.05, 4.69) is 0 Å². The van der Waals surface area contributed by atoms with Crippen molar-refractivity contribution in [1.82, 2.24) is 0 Å². The number of aliphatic hydroxyl groups is 1. The summed E-state index contributed by atoms with van der Waals surface area (Å²) in [5.74, 6) is 1.45. The second-order valence-corrected chi connectivity index (χ2v) is 4.72. The molecule has 1 N–H and O–H groups in total. The number of aliphatic hydroxyl groups excluding tert-OH is 1. The number of unbranched alkanes of at least 4 members (excludes halogenated alkanes) is 3. The maximum absolute atomic E-state index is 8.33. The first kappa shape index (κ1) is 16.5. The van der Waals surface area contributed by atoms with E-state index in [1.165, 1.54) is 0 Å². The van der Waals surface area contributed by atoms with E-state index in [9.17, 15) is 0 Å². The van der Waals surface area contributed by atoms with Gasteiger partial charge in [-0.05, 0) is 18.9 Å². The van der Waals surface area contributed by atoms with Gasteiger partial charge in [-0.1, -0.05) is 12.8 Å². The Morgan fingerprint density at radius 3 is 1.85 bits per heavy atom. The summed E-state index contributed by atoms with van der Waals surface area (Å²) in [7, 11) is 0.498. The zero-order valence-electron chi connectivity index (χ0n) is 7.74. The third-order valence-corrected chi connectivity index (χ3v) is 3.01. The molecule has 0 saturated carbocycles. The number of hydrogen-bond donors (Lipinski definition) is 1. The molecular formula is C8H17Cl3OSi. The van der Waals surface area contributed by atoms with Crippen molar-refractivity contribution < 1.29 is 5.11 Å². The third kappa shape index (κ3) is 24.6. The van der Waals surface area contributed by atoms with E-state index in [0.717, 1.165) is 37.6 Å². The Balaban J connectivity index is 0. The summed E-state index contributed by atoms with van der Waals surface area (Å²) < 4.78 is 0. The highest BCUT2D eigenvalue weighted by Gasteiger charge is 1.84. The van der Waals surface area contributed by atoms with Crippen molar-refractivity contribution >= 4 is 43.1 Å².